The maximum atomic E-state index is 12.1. The van der Waals surface area contributed by atoms with E-state index < -0.39 is 21.1 Å². The number of amides is 2. The SMILES string of the molecule is C1CC2OC2C1.CC(C)(C)OC(=O)N1CCN(C2CCCC2O)CC1.CC(C)(C)OC(=O)N1CCNCC1.CN(CCO)c1ccc2nc(C3CC3)[nH]c(=O)c2c1.CN(CCO)c1ccc2nc(C3CC3)nc(N3CCN(C4CCCC4O)CC3)c2c1.Cl.OC1CCCC1N1CCNCC1.[Cl][Zr]([Cl])([Cl])[Cl]. The number of likely N-dealkylation sites (N-methyl/N-ethyl adjacent to an activating group) is 2. The molecule has 5 aliphatic heterocycles. The number of epoxide rings is 1. The van der Waals surface area contributed by atoms with Crippen LogP contribution in [0.25, 0.3) is 21.8 Å². The van der Waals surface area contributed by atoms with Gasteiger partial charge in [-0.2, -0.15) is 0 Å². The van der Waals surface area contributed by atoms with E-state index in [0.29, 0.717) is 73.7 Å². The van der Waals surface area contributed by atoms with Crippen LogP contribution < -0.4 is 30.9 Å². The number of nitrogens with one attached hydrogen (secondary N) is 3. The number of halogens is 5. The van der Waals surface area contributed by atoms with Gasteiger partial charge < -0.3 is 79.9 Å². The minimum absolute atomic E-state index is 0. The number of carbonyl (C=O) groups is 2. The molecule has 105 heavy (non-hydrogen) atoms. The van der Waals surface area contributed by atoms with Gasteiger partial charge in [-0.05, 0) is 181 Å². The van der Waals surface area contributed by atoms with Crippen LogP contribution in [-0.2, 0) is 29.7 Å². The van der Waals surface area contributed by atoms with Crippen molar-refractivity contribution in [2.45, 2.75) is 216 Å². The molecule has 0 bridgehead atoms. The number of aromatic amines is 1. The number of aromatic nitrogens is 4. The average molecular weight is 1650 g/mol. The van der Waals surface area contributed by atoms with E-state index >= 15 is 0 Å². The Morgan fingerprint density at radius 1 is 0.543 bits per heavy atom. The number of H-pyrrole nitrogens is 1. The molecule has 592 valence electrons. The number of hydrogen-bond donors (Lipinski definition) is 8. The minimum atomic E-state index is -3.29. The van der Waals surface area contributed by atoms with E-state index in [2.05, 4.69) is 63.3 Å². The van der Waals surface area contributed by atoms with Crippen molar-refractivity contribution in [2.75, 3.05) is 160 Å². The number of piperazine rings is 4. The third kappa shape index (κ3) is 28.2. The number of nitrogens with zero attached hydrogens (tertiary/aromatic N) is 11. The quantitative estimate of drug-likeness (QED) is 0.0613. The molecule has 31 heteroatoms. The second kappa shape index (κ2) is 41.3. The number of anilines is 3. The van der Waals surface area contributed by atoms with Crippen LogP contribution in [-0.4, -0.2) is 287 Å². The molecule has 0 radical (unpaired) electrons. The standard InChI is InChI=1S/C23H33N5O2.C14H17N3O2.C14H26N2O3.C9H18N2O2.C9H18N2O.C5H8O.5ClH.Zr/c1-26(13-14-29)17-7-8-19-18(15-17)23(25-22(24-19)16-5-6-16)28-11-9-27(10-12-28)20-3-2-4-21(20)30;1-17(6-7-18)10-4-5-12-11(8-10)14(19)16-13(15-12)9-2-3-9;1-14(2,3)19-13(18)16-9-7-15(8-10-16)11-5-4-6-12(11)17;1-9(2,3)13-8(12)11-6-4-10-5-7-11;12-9-3-1-2-8(9)11-6-4-10-5-7-11;1-2-4-5(3-1)6-4;;;;;;/h7-8,15-16,20-21,29-30H,2-6,9-14H2,1H3;4-5,8-9,18H,2-3,6-7H2,1H3,(H,15,16,19);11-12,17H,4-10H2,1-3H3;10H,4-7H2,1-3H3;8-10,12H,1-7H2;4-5H,1-3H2;5*1H;/q;;;;;;;;;;;+4/p-4. The Labute approximate surface area is 647 Å². The van der Waals surface area contributed by atoms with Gasteiger partial charge in [-0.3, -0.25) is 19.5 Å². The molecule has 2 aromatic heterocycles. The third-order valence-corrected chi connectivity index (χ3v) is 20.9. The van der Waals surface area contributed by atoms with Gasteiger partial charge >= 0.3 is 61.7 Å². The number of carbonyl (C=O) groups excluding carboxylic acids is 2. The van der Waals surface area contributed by atoms with Gasteiger partial charge in [0.2, 0.25) is 0 Å². The topological polar surface area (TPSA) is 288 Å². The molecule has 6 saturated carbocycles. The molecule has 11 fully saturated rings. The van der Waals surface area contributed by atoms with Gasteiger partial charge in [0, 0.05) is 179 Å². The van der Waals surface area contributed by atoms with Crippen molar-refractivity contribution in [3.05, 3.63) is 58.4 Å². The first-order valence-corrected chi connectivity index (χ1v) is 51.0. The fraction of sp³-hybridized carbons (Fsp3) is 0.757. The van der Waals surface area contributed by atoms with Gasteiger partial charge in [0.1, 0.15) is 28.7 Å². The molecule has 6 aliphatic carbocycles. The summed E-state index contributed by atoms with van der Waals surface area (Å²) in [5.74, 6) is 3.80. The summed E-state index contributed by atoms with van der Waals surface area (Å²) < 4.78 is 15.8. The van der Waals surface area contributed by atoms with E-state index in [1.165, 1.54) is 44.9 Å². The van der Waals surface area contributed by atoms with Crippen LogP contribution in [0.1, 0.15) is 168 Å². The van der Waals surface area contributed by atoms with E-state index in [1.54, 1.807) is 9.80 Å². The van der Waals surface area contributed by atoms with Crippen molar-refractivity contribution < 1.29 is 64.8 Å². The monoisotopic (exact) mass is 1650 g/mol. The third-order valence-electron chi connectivity index (χ3n) is 20.9. The van der Waals surface area contributed by atoms with Crippen molar-refractivity contribution in [3.63, 3.8) is 0 Å². The predicted octanol–water partition coefficient (Wildman–Crippen LogP) is 9.40. The number of hydrogen-bond acceptors (Lipinski definition) is 22. The molecule has 4 aromatic rings. The molecular weight excluding hydrogens is 1530 g/mol. The van der Waals surface area contributed by atoms with Crippen molar-refractivity contribution in [2.24, 2.45) is 0 Å². The molecule has 8 atom stereocenters. The normalized spacial score (nSPS) is 25.5. The Balaban J connectivity index is 0.000000164. The van der Waals surface area contributed by atoms with E-state index in [0.717, 1.165) is 195 Å². The fourth-order valence-corrected chi connectivity index (χ4v) is 14.9. The number of fused-ring (bicyclic) bond motifs is 3. The van der Waals surface area contributed by atoms with Gasteiger partial charge in [0.05, 0.1) is 60.2 Å². The zero-order valence-corrected chi connectivity index (χ0v) is 69.5. The predicted molar refractivity (Wildman–Crippen MR) is 419 cm³/mol. The first kappa shape index (κ1) is 87.3. The second-order valence-electron chi connectivity index (χ2n) is 31.4. The van der Waals surface area contributed by atoms with Crippen molar-refractivity contribution in [1.82, 2.24) is 55.1 Å². The van der Waals surface area contributed by atoms with Gasteiger partial charge in [-0.25, -0.2) is 24.5 Å². The van der Waals surface area contributed by atoms with Gasteiger partial charge in [-0.15, -0.1) is 12.4 Å². The molecule has 2 amide bonds. The molecule has 15 rings (SSSR count). The molecule has 8 N–H and O–H groups in total. The van der Waals surface area contributed by atoms with Crippen LogP contribution in [0.4, 0.5) is 26.8 Å². The van der Waals surface area contributed by atoms with Crippen LogP contribution in [0.2, 0.25) is 0 Å². The Kier molecular flexibility index (Phi) is 34.4. The van der Waals surface area contributed by atoms with Crippen LogP contribution in [0.15, 0.2) is 41.2 Å². The zero-order valence-electron chi connectivity index (χ0n) is 63.2. The first-order valence-electron chi connectivity index (χ1n) is 38.3. The molecule has 0 spiro atoms. The summed E-state index contributed by atoms with van der Waals surface area (Å²) in [6.45, 7) is 27.1. The Morgan fingerprint density at radius 2 is 0.943 bits per heavy atom. The van der Waals surface area contributed by atoms with Crippen molar-refractivity contribution in [3.8, 4) is 0 Å². The number of ether oxygens (including phenoxy) is 3. The van der Waals surface area contributed by atoms with E-state index in [4.69, 9.17) is 63.3 Å². The summed E-state index contributed by atoms with van der Waals surface area (Å²) in [6.07, 6.45) is 19.0. The average Bonchev–Trinajstić information content (AvgIpc) is 1.75. The van der Waals surface area contributed by atoms with Gasteiger partial charge in [-0.1, -0.05) is 0 Å². The number of rotatable bonds is 12. The van der Waals surface area contributed by atoms with Crippen LogP contribution >= 0.6 is 46.5 Å². The summed E-state index contributed by atoms with van der Waals surface area (Å²) in [5.41, 5.74) is 2.84. The van der Waals surface area contributed by atoms with E-state index in [1.807, 2.05) is 78.7 Å². The van der Waals surface area contributed by atoms with Crippen molar-refractivity contribution in [1.29, 1.82) is 0 Å². The Hall–Kier alpha value is -3.25. The second-order valence-corrected chi connectivity index (χ2v) is 53.8. The van der Waals surface area contributed by atoms with E-state index in [9.17, 15) is 34.8 Å². The van der Waals surface area contributed by atoms with Crippen LogP contribution in [0.5, 0.6) is 0 Å². The fourth-order valence-electron chi connectivity index (χ4n) is 14.9. The molecule has 2 aromatic carbocycles. The summed E-state index contributed by atoms with van der Waals surface area (Å²) in [5, 5.41) is 56.4. The number of aliphatic hydroxyl groups excluding tert-OH is 5. The summed E-state index contributed by atoms with van der Waals surface area (Å²) in [6, 6.07) is 13.1. The molecule has 8 unspecified atom stereocenters. The molecule has 5 saturated heterocycles. The summed E-state index contributed by atoms with van der Waals surface area (Å²) >= 11 is -3.29. The summed E-state index contributed by atoms with van der Waals surface area (Å²) in [4.78, 5) is 70.0. The van der Waals surface area contributed by atoms with Crippen LogP contribution in [0, 0.1) is 0 Å². The molecular formula is C74H121Cl5N14O11Zr. The molecule has 7 heterocycles. The molecule has 11 aliphatic rings. The maximum absolute atomic E-state index is 12.1. The summed E-state index contributed by atoms with van der Waals surface area (Å²) in [7, 11) is 24.0. The Morgan fingerprint density at radius 3 is 1.33 bits per heavy atom. The van der Waals surface area contributed by atoms with Crippen LogP contribution in [0.3, 0.4) is 0 Å². The first-order chi connectivity index (χ1) is 49.5. The van der Waals surface area contributed by atoms with E-state index in [-0.39, 0.29) is 67.3 Å². The van der Waals surface area contributed by atoms with Crippen molar-refractivity contribution >= 4 is 97.6 Å². The number of benzene rings is 2. The zero-order chi connectivity index (χ0) is 74.9. The van der Waals surface area contributed by atoms with Gasteiger partial charge in [0.15, 0.2) is 0 Å². The van der Waals surface area contributed by atoms with Gasteiger partial charge in [0.25, 0.3) is 5.56 Å². The molecule has 25 nitrogen and oxygen atoms in total. The number of aliphatic hydroxyl groups is 5. The Bertz CT molecular complexity index is 3370.